The molecule has 3 aromatic carbocycles. The number of nitrogens with one attached hydrogen (secondary N) is 1. The Kier molecular flexibility index (Phi) is 5.54. The molecule has 5 nitrogen and oxygen atoms in total. The van der Waals surface area contributed by atoms with Gasteiger partial charge < -0.3 is 4.74 Å². The van der Waals surface area contributed by atoms with Crippen molar-refractivity contribution in [2.75, 3.05) is 7.11 Å². The molecule has 0 aliphatic heterocycles. The van der Waals surface area contributed by atoms with Crippen molar-refractivity contribution in [3.8, 4) is 22.7 Å². The Morgan fingerprint density at radius 1 is 0.968 bits per heavy atom. The third kappa shape index (κ3) is 4.19. The molecule has 0 aliphatic carbocycles. The molecule has 31 heavy (non-hydrogen) atoms. The third-order valence-electron chi connectivity index (χ3n) is 5.05. The van der Waals surface area contributed by atoms with Crippen molar-refractivity contribution in [2.45, 2.75) is 13.8 Å². The first-order chi connectivity index (χ1) is 15.0. The highest BCUT2D eigenvalue weighted by Gasteiger charge is 2.19. The lowest BCUT2D eigenvalue weighted by Crippen LogP contribution is -2.19. The first-order valence-electron chi connectivity index (χ1n) is 9.84. The minimum atomic E-state index is -0.365. The zero-order valence-electron chi connectivity index (χ0n) is 17.5. The molecule has 0 amide bonds. The van der Waals surface area contributed by atoms with Gasteiger partial charge in [-0.15, -0.1) is 0 Å². The number of hydrogen-bond donors (Lipinski definition) is 1. The molecule has 1 aromatic heterocycles. The van der Waals surface area contributed by atoms with Crippen LogP contribution in [0.1, 0.15) is 18.1 Å². The van der Waals surface area contributed by atoms with Gasteiger partial charge >= 0.3 is 0 Å². The largest absolute Gasteiger partial charge is 0.497 e. The molecular weight excluding hydrogens is 393 g/mol. The Hall–Kier alpha value is -3.93. The maximum Gasteiger partial charge on any atom is 0.280 e. The molecule has 1 N–H and O–H groups in total. The second kappa shape index (κ2) is 8.44. The van der Waals surface area contributed by atoms with Crippen LogP contribution in [0.2, 0.25) is 0 Å². The summed E-state index contributed by atoms with van der Waals surface area (Å²) >= 11 is 0. The molecular formula is C25H22FN3O2. The van der Waals surface area contributed by atoms with Crippen LogP contribution in [0.5, 0.6) is 5.75 Å². The summed E-state index contributed by atoms with van der Waals surface area (Å²) in [6, 6.07) is 21.0. The number of H-pyrrole nitrogens is 1. The van der Waals surface area contributed by atoms with Gasteiger partial charge in [-0.25, -0.2) is 9.07 Å². The van der Waals surface area contributed by atoms with Crippen LogP contribution in [-0.2, 0) is 0 Å². The van der Waals surface area contributed by atoms with E-state index in [-0.39, 0.29) is 11.4 Å². The molecule has 0 fully saturated rings. The Balaban J connectivity index is 1.89. The number of halogens is 1. The van der Waals surface area contributed by atoms with Gasteiger partial charge in [0, 0.05) is 5.56 Å². The van der Waals surface area contributed by atoms with Crippen molar-refractivity contribution in [1.29, 1.82) is 0 Å². The van der Waals surface area contributed by atoms with E-state index in [2.05, 4.69) is 10.1 Å². The fourth-order valence-corrected chi connectivity index (χ4v) is 3.38. The molecule has 0 saturated carbocycles. The van der Waals surface area contributed by atoms with Crippen molar-refractivity contribution < 1.29 is 9.13 Å². The molecule has 0 unspecified atom stereocenters. The highest BCUT2D eigenvalue weighted by molar-refractivity contribution is 6.04. The molecule has 0 aliphatic rings. The second-order valence-electron chi connectivity index (χ2n) is 7.24. The number of aromatic nitrogens is 2. The predicted octanol–water partition coefficient (Wildman–Crippen LogP) is 5.43. The van der Waals surface area contributed by atoms with Crippen LogP contribution in [0.25, 0.3) is 16.9 Å². The van der Waals surface area contributed by atoms with Crippen molar-refractivity contribution in [3.05, 3.63) is 100 Å². The fourth-order valence-electron chi connectivity index (χ4n) is 3.38. The molecule has 0 atom stereocenters. The molecule has 0 saturated heterocycles. The number of nitrogens with zero attached hydrogens (tertiary/aromatic N) is 2. The Bertz CT molecular complexity index is 1280. The summed E-state index contributed by atoms with van der Waals surface area (Å²) in [6.45, 7) is 3.82. The quantitative estimate of drug-likeness (QED) is 0.442. The predicted molar refractivity (Wildman–Crippen MR) is 121 cm³/mol. The maximum absolute atomic E-state index is 13.4. The van der Waals surface area contributed by atoms with Gasteiger partial charge in [-0.2, -0.15) is 0 Å². The average molecular weight is 415 g/mol. The van der Waals surface area contributed by atoms with E-state index in [1.807, 2.05) is 62.4 Å². The van der Waals surface area contributed by atoms with Crippen LogP contribution < -0.4 is 10.3 Å². The Labute approximate surface area is 179 Å². The number of aryl methyl sites for hydroxylation is 1. The zero-order chi connectivity index (χ0) is 22.0. The first-order valence-corrected chi connectivity index (χ1v) is 9.84. The fraction of sp³-hybridized carbons (Fsp3) is 0.120. The lowest BCUT2D eigenvalue weighted by atomic mass is 10.0. The van der Waals surface area contributed by atoms with Gasteiger partial charge in [-0.3, -0.25) is 14.9 Å². The van der Waals surface area contributed by atoms with Crippen LogP contribution in [0, 0.1) is 12.7 Å². The zero-order valence-corrected chi connectivity index (χ0v) is 17.5. The summed E-state index contributed by atoms with van der Waals surface area (Å²) in [6.07, 6.45) is 0. The number of ether oxygens (including phenoxy) is 1. The highest BCUT2D eigenvalue weighted by atomic mass is 19.1. The second-order valence-corrected chi connectivity index (χ2v) is 7.24. The summed E-state index contributed by atoms with van der Waals surface area (Å²) in [5, 5.41) is 3.18. The molecule has 6 heteroatoms. The van der Waals surface area contributed by atoms with Crippen molar-refractivity contribution in [1.82, 2.24) is 9.78 Å². The number of aromatic amines is 1. The third-order valence-corrected chi connectivity index (χ3v) is 5.05. The summed E-state index contributed by atoms with van der Waals surface area (Å²) in [5.41, 5.74) is 4.65. The Morgan fingerprint density at radius 2 is 1.61 bits per heavy atom. The van der Waals surface area contributed by atoms with E-state index in [1.54, 1.807) is 19.2 Å². The van der Waals surface area contributed by atoms with Gasteiger partial charge in [0.2, 0.25) is 0 Å². The number of aliphatic imine (C=N–C) groups is 1. The Morgan fingerprint density at radius 3 is 2.23 bits per heavy atom. The summed E-state index contributed by atoms with van der Waals surface area (Å²) in [5.74, 6) is 0.353. The molecule has 0 bridgehead atoms. The van der Waals surface area contributed by atoms with Gasteiger partial charge in [-0.05, 0) is 74.5 Å². The minimum absolute atomic E-state index is 0.259. The minimum Gasteiger partial charge on any atom is -0.497 e. The monoisotopic (exact) mass is 415 g/mol. The standard InChI is InChI=1S/C25H22FN3O2/c1-16-4-10-20(11-5-16)27-17(2)23-24(18-6-14-22(31-3)15-7-18)28-29(25(23)30)21-12-8-19(26)9-13-21/h4-15,28H,1-3H3. The normalized spacial score (nSPS) is 11.5. The van der Waals surface area contributed by atoms with Crippen molar-refractivity contribution in [2.24, 2.45) is 4.99 Å². The lowest BCUT2D eigenvalue weighted by Gasteiger charge is -2.05. The average Bonchev–Trinajstić information content (AvgIpc) is 3.13. The summed E-state index contributed by atoms with van der Waals surface area (Å²) in [4.78, 5) is 18.1. The van der Waals surface area contributed by atoms with E-state index < -0.39 is 0 Å². The van der Waals surface area contributed by atoms with Gasteiger partial charge in [0.15, 0.2) is 0 Å². The van der Waals surface area contributed by atoms with Crippen LogP contribution in [-0.4, -0.2) is 22.6 Å². The van der Waals surface area contributed by atoms with Gasteiger partial charge in [0.1, 0.15) is 11.6 Å². The summed E-state index contributed by atoms with van der Waals surface area (Å²) < 4.78 is 20.0. The maximum atomic E-state index is 13.4. The molecule has 0 spiro atoms. The van der Waals surface area contributed by atoms with E-state index in [0.717, 1.165) is 22.6 Å². The molecule has 4 rings (SSSR count). The van der Waals surface area contributed by atoms with Gasteiger partial charge in [0.05, 0.1) is 35.5 Å². The number of methoxy groups -OCH3 is 1. The molecule has 4 aromatic rings. The van der Waals surface area contributed by atoms with Crippen LogP contribution in [0.15, 0.2) is 82.6 Å². The highest BCUT2D eigenvalue weighted by Crippen LogP contribution is 2.25. The molecule has 1 heterocycles. The van der Waals surface area contributed by atoms with Gasteiger partial charge in [-0.1, -0.05) is 17.7 Å². The first kappa shape index (κ1) is 20.3. The van der Waals surface area contributed by atoms with Crippen molar-refractivity contribution >= 4 is 11.4 Å². The van der Waals surface area contributed by atoms with E-state index >= 15 is 0 Å². The molecule has 156 valence electrons. The van der Waals surface area contributed by atoms with E-state index in [0.29, 0.717) is 22.7 Å². The van der Waals surface area contributed by atoms with Crippen molar-refractivity contribution in [3.63, 3.8) is 0 Å². The van der Waals surface area contributed by atoms with Crippen LogP contribution in [0.3, 0.4) is 0 Å². The number of benzene rings is 3. The van der Waals surface area contributed by atoms with E-state index in [9.17, 15) is 9.18 Å². The summed E-state index contributed by atoms with van der Waals surface area (Å²) in [7, 11) is 1.60. The van der Waals surface area contributed by atoms with E-state index in [1.165, 1.54) is 16.8 Å². The molecule has 0 radical (unpaired) electrons. The SMILES string of the molecule is COc1ccc(-c2[nH]n(-c3ccc(F)cc3)c(=O)c2C(C)=Nc2ccc(C)cc2)cc1. The van der Waals surface area contributed by atoms with Crippen LogP contribution >= 0.6 is 0 Å². The lowest BCUT2D eigenvalue weighted by molar-refractivity contribution is 0.415. The topological polar surface area (TPSA) is 59.4 Å². The number of rotatable bonds is 5. The number of hydrogen-bond acceptors (Lipinski definition) is 3. The van der Waals surface area contributed by atoms with E-state index in [4.69, 9.17) is 4.74 Å². The van der Waals surface area contributed by atoms with Crippen LogP contribution in [0.4, 0.5) is 10.1 Å². The smallest absolute Gasteiger partial charge is 0.280 e. The van der Waals surface area contributed by atoms with Gasteiger partial charge in [0.25, 0.3) is 5.56 Å².